The Balaban J connectivity index is 0. The second-order valence-electron chi connectivity index (χ2n) is 1.92. The summed E-state index contributed by atoms with van der Waals surface area (Å²) in [7, 11) is 0. The second-order valence-corrected chi connectivity index (χ2v) is 2.79. The maximum absolute atomic E-state index is 8.55. The van der Waals surface area contributed by atoms with Crippen LogP contribution in [0.3, 0.4) is 0 Å². The number of hydrogen-bond donors (Lipinski definition) is 1. The van der Waals surface area contributed by atoms with Crippen LogP contribution in [0.15, 0.2) is 0 Å². The van der Waals surface area contributed by atoms with E-state index in [1.807, 2.05) is 13.8 Å². The van der Waals surface area contributed by atoms with Crippen LogP contribution in [0, 0.1) is 0 Å². The molecule has 0 spiro atoms. The molecule has 0 aromatic rings. The van der Waals surface area contributed by atoms with Crippen molar-refractivity contribution in [3.8, 4) is 0 Å². The van der Waals surface area contributed by atoms with Crippen molar-refractivity contribution in [3.05, 3.63) is 0 Å². The Morgan fingerprint density at radius 3 is 2.00 bits per heavy atom. The molecule has 0 radical (unpaired) electrons. The molecule has 1 heterocycles. The molecule has 0 bridgehead atoms. The molecule has 1 fully saturated rings. The van der Waals surface area contributed by atoms with Gasteiger partial charge < -0.3 is 14.8 Å². The lowest BCUT2D eigenvalue weighted by atomic mass is 10.2. The lowest BCUT2D eigenvalue weighted by Gasteiger charge is -2.17. The molecule has 1 aliphatic heterocycles. The van der Waals surface area contributed by atoms with Crippen LogP contribution in [-0.2, 0) is 4.74 Å². The molecule has 0 atom stereocenters. The van der Waals surface area contributed by atoms with Crippen LogP contribution in [0.1, 0.15) is 26.7 Å². The minimum absolute atomic E-state index is 0. The average Bonchev–Trinajstić information content (AvgIpc) is 2.10. The van der Waals surface area contributed by atoms with Gasteiger partial charge in [-0.25, -0.2) is 0 Å². The van der Waals surface area contributed by atoms with Crippen molar-refractivity contribution in [1.82, 2.24) is 0 Å². The van der Waals surface area contributed by atoms with Gasteiger partial charge in [0, 0.05) is 18.5 Å². The summed E-state index contributed by atoms with van der Waals surface area (Å²) in [6.07, 6.45) is 2.00. The zero-order valence-electron chi connectivity index (χ0n) is 7.17. The first-order chi connectivity index (χ1) is 4.93. The lowest BCUT2D eigenvalue weighted by molar-refractivity contribution is 0.0992. The van der Waals surface area contributed by atoms with E-state index in [0.29, 0.717) is 5.25 Å². The van der Waals surface area contributed by atoms with E-state index in [0.717, 1.165) is 38.1 Å². The van der Waals surface area contributed by atoms with Gasteiger partial charge in [-0.3, -0.25) is 0 Å². The summed E-state index contributed by atoms with van der Waals surface area (Å²) >= 11 is 0.966. The first kappa shape index (κ1) is 13.8. The molecule has 0 aromatic carbocycles. The normalized spacial score (nSPS) is 17.7. The largest absolute Gasteiger partial charge is 0.412 e. The fourth-order valence-corrected chi connectivity index (χ4v) is 1.18. The van der Waals surface area contributed by atoms with E-state index < -0.39 is 0 Å². The predicted molar refractivity (Wildman–Crippen MR) is 49.0 cm³/mol. The molecule has 1 rings (SSSR count). The molecular weight excluding hydrogens is 164 g/mol. The molecule has 0 unspecified atom stereocenters. The Morgan fingerprint density at radius 2 is 1.73 bits per heavy atom. The third-order valence-electron chi connectivity index (χ3n) is 1.32. The summed E-state index contributed by atoms with van der Waals surface area (Å²) < 4.78 is 13.6. The second kappa shape index (κ2) is 10.2. The number of hydrogen-bond acceptors (Lipinski definition) is 3. The first-order valence-electron chi connectivity index (χ1n) is 3.81. The Labute approximate surface area is 72.6 Å². The summed E-state index contributed by atoms with van der Waals surface area (Å²) in [5.74, 6) is 0. The van der Waals surface area contributed by atoms with Gasteiger partial charge in [0.2, 0.25) is 0 Å². The van der Waals surface area contributed by atoms with E-state index in [2.05, 4.69) is 0 Å². The summed E-state index contributed by atoms with van der Waals surface area (Å²) in [6, 6.07) is 0. The van der Waals surface area contributed by atoms with Crippen molar-refractivity contribution in [1.29, 1.82) is 0 Å². The molecule has 3 N–H and O–H groups in total. The zero-order chi connectivity index (χ0) is 7.82. The Morgan fingerprint density at radius 1 is 1.27 bits per heavy atom. The van der Waals surface area contributed by atoms with Crippen molar-refractivity contribution in [2.75, 3.05) is 13.2 Å². The van der Waals surface area contributed by atoms with Crippen LogP contribution in [0.5, 0.6) is 0 Å². The van der Waals surface area contributed by atoms with Gasteiger partial charge in [0.1, 0.15) is 0 Å². The maximum Gasteiger partial charge on any atom is 0.0477 e. The van der Waals surface area contributed by atoms with Gasteiger partial charge in [-0.15, -0.1) is 0 Å². The van der Waals surface area contributed by atoms with Gasteiger partial charge >= 0.3 is 0 Å². The fourth-order valence-electron chi connectivity index (χ4n) is 0.781. The van der Waals surface area contributed by atoms with E-state index in [1.165, 1.54) is 0 Å². The van der Waals surface area contributed by atoms with Gasteiger partial charge in [0.05, 0.1) is 0 Å². The molecule has 0 amide bonds. The van der Waals surface area contributed by atoms with Crippen LogP contribution < -0.4 is 0 Å². The number of rotatable bonds is 1. The van der Waals surface area contributed by atoms with Crippen LogP contribution in [0.2, 0.25) is 0 Å². The topological polar surface area (TPSA) is 61.0 Å². The highest BCUT2D eigenvalue weighted by Crippen LogP contribution is 2.17. The third kappa shape index (κ3) is 6.62. The Hall–Kier alpha value is 0.230. The van der Waals surface area contributed by atoms with Gasteiger partial charge in [-0.05, 0) is 24.9 Å². The van der Waals surface area contributed by atoms with Crippen molar-refractivity contribution >= 4 is 12.0 Å². The molecule has 70 valence electrons. The fraction of sp³-hybridized carbons (Fsp3) is 1.00. The molecule has 0 saturated carbocycles. The quantitative estimate of drug-likeness (QED) is 0.626. The molecule has 11 heavy (non-hydrogen) atoms. The number of ether oxygens (including phenoxy) is 1. The standard InChI is InChI=1S/C5H10O2S.C2H6.H2O/c6-8-5-1-3-7-4-2-5;1-2;/h5-6H,1-4H2;1-2H3;1H2. The van der Waals surface area contributed by atoms with Crippen molar-refractivity contribution < 1.29 is 14.8 Å². The Bertz CT molecular complexity index is 64.7. The summed E-state index contributed by atoms with van der Waals surface area (Å²) in [4.78, 5) is 0. The van der Waals surface area contributed by atoms with Crippen LogP contribution in [-0.4, -0.2) is 28.5 Å². The summed E-state index contributed by atoms with van der Waals surface area (Å²) in [6.45, 7) is 5.64. The molecule has 1 aliphatic rings. The molecule has 0 aliphatic carbocycles. The predicted octanol–water partition coefficient (Wildman–Crippen LogP) is 1.57. The van der Waals surface area contributed by atoms with Crippen LogP contribution >= 0.6 is 12.0 Å². The highest BCUT2D eigenvalue weighted by atomic mass is 32.2. The lowest BCUT2D eigenvalue weighted by Crippen LogP contribution is -2.16. The van der Waals surface area contributed by atoms with Gasteiger partial charge in [-0.1, -0.05) is 13.8 Å². The SMILES string of the molecule is CC.O.OSC1CCOCC1. The van der Waals surface area contributed by atoms with Gasteiger partial charge in [-0.2, -0.15) is 0 Å². The van der Waals surface area contributed by atoms with Crippen LogP contribution in [0.4, 0.5) is 0 Å². The highest BCUT2D eigenvalue weighted by Gasteiger charge is 2.12. The maximum atomic E-state index is 8.55. The van der Waals surface area contributed by atoms with Crippen LogP contribution in [0.25, 0.3) is 0 Å². The smallest absolute Gasteiger partial charge is 0.0477 e. The summed E-state index contributed by atoms with van der Waals surface area (Å²) in [5.41, 5.74) is 0. The van der Waals surface area contributed by atoms with Crippen molar-refractivity contribution in [3.63, 3.8) is 0 Å². The van der Waals surface area contributed by atoms with E-state index in [9.17, 15) is 0 Å². The third-order valence-corrected chi connectivity index (χ3v) is 2.09. The average molecular weight is 182 g/mol. The van der Waals surface area contributed by atoms with Crippen molar-refractivity contribution in [2.24, 2.45) is 0 Å². The van der Waals surface area contributed by atoms with Gasteiger partial charge in [0.25, 0.3) is 0 Å². The van der Waals surface area contributed by atoms with E-state index in [-0.39, 0.29) is 5.48 Å². The molecular formula is C7H18O3S. The highest BCUT2D eigenvalue weighted by molar-refractivity contribution is 7.94. The Kier molecular flexibility index (Phi) is 12.8. The molecule has 3 nitrogen and oxygen atoms in total. The van der Waals surface area contributed by atoms with E-state index in [1.54, 1.807) is 0 Å². The first-order valence-corrected chi connectivity index (χ1v) is 4.65. The van der Waals surface area contributed by atoms with E-state index >= 15 is 0 Å². The molecule has 0 aromatic heterocycles. The van der Waals surface area contributed by atoms with E-state index in [4.69, 9.17) is 9.29 Å². The minimum Gasteiger partial charge on any atom is -0.412 e. The minimum atomic E-state index is 0. The van der Waals surface area contributed by atoms with Gasteiger partial charge in [0.15, 0.2) is 0 Å². The monoisotopic (exact) mass is 182 g/mol. The van der Waals surface area contributed by atoms with Crippen molar-refractivity contribution in [2.45, 2.75) is 31.9 Å². The zero-order valence-corrected chi connectivity index (χ0v) is 7.99. The summed E-state index contributed by atoms with van der Waals surface area (Å²) in [5, 5.41) is 0.434. The molecule has 1 saturated heterocycles. The molecule has 4 heteroatoms.